The van der Waals surface area contributed by atoms with Gasteiger partial charge in [-0.2, -0.15) is 0 Å². The molecule has 1 rings (SSSR count). The summed E-state index contributed by atoms with van der Waals surface area (Å²) >= 11 is 0. The van der Waals surface area contributed by atoms with Crippen molar-refractivity contribution in [3.05, 3.63) is 35.9 Å². The fourth-order valence-electron chi connectivity index (χ4n) is 2.34. The summed E-state index contributed by atoms with van der Waals surface area (Å²) < 4.78 is 4.81. The summed E-state index contributed by atoms with van der Waals surface area (Å²) in [5.74, 6) is -0.545. The van der Waals surface area contributed by atoms with Crippen molar-refractivity contribution in [2.24, 2.45) is 17.6 Å². The Morgan fingerprint density at radius 3 is 2.33 bits per heavy atom. The Morgan fingerprint density at radius 1 is 1.19 bits per heavy atom. The van der Waals surface area contributed by atoms with E-state index < -0.39 is 12.0 Å². The Balaban J connectivity index is 2.70. The van der Waals surface area contributed by atoms with Gasteiger partial charge in [0.25, 0.3) is 0 Å². The van der Waals surface area contributed by atoms with Gasteiger partial charge in [-0.3, -0.25) is 9.59 Å². The van der Waals surface area contributed by atoms with Crippen molar-refractivity contribution in [3.63, 3.8) is 0 Å². The van der Waals surface area contributed by atoms with Gasteiger partial charge in [0.15, 0.2) is 0 Å². The van der Waals surface area contributed by atoms with Crippen molar-refractivity contribution in [1.29, 1.82) is 0 Å². The third kappa shape index (κ3) is 6.08. The zero-order chi connectivity index (χ0) is 15.8. The molecule has 0 aliphatic carbocycles. The molecule has 2 N–H and O–H groups in total. The van der Waals surface area contributed by atoms with Crippen LogP contribution in [-0.2, 0) is 20.7 Å². The van der Waals surface area contributed by atoms with Crippen LogP contribution in [0.1, 0.15) is 32.3 Å². The lowest BCUT2D eigenvalue weighted by Crippen LogP contribution is -2.35. The average molecular weight is 291 g/mol. The topological polar surface area (TPSA) is 69.4 Å². The van der Waals surface area contributed by atoms with Crippen molar-refractivity contribution < 1.29 is 14.3 Å². The van der Waals surface area contributed by atoms with E-state index in [1.54, 1.807) is 0 Å². The summed E-state index contributed by atoms with van der Waals surface area (Å²) in [4.78, 5) is 24.0. The van der Waals surface area contributed by atoms with Crippen LogP contribution in [0.15, 0.2) is 30.3 Å². The maximum Gasteiger partial charge on any atom is 0.309 e. The first kappa shape index (κ1) is 17.4. The monoisotopic (exact) mass is 291 g/mol. The maximum atomic E-state index is 12.2. The molecule has 116 valence electrons. The van der Waals surface area contributed by atoms with Gasteiger partial charge in [0.1, 0.15) is 5.78 Å². The first-order valence-corrected chi connectivity index (χ1v) is 7.34. The van der Waals surface area contributed by atoms with E-state index in [1.165, 1.54) is 7.11 Å². The second kappa shape index (κ2) is 8.57. The molecule has 0 fully saturated rings. The first-order chi connectivity index (χ1) is 9.93. The number of ether oxygens (including phenoxy) is 1. The Labute approximate surface area is 126 Å². The molecular formula is C17H25NO3. The van der Waals surface area contributed by atoms with Crippen molar-refractivity contribution in [3.8, 4) is 0 Å². The van der Waals surface area contributed by atoms with E-state index in [-0.39, 0.29) is 18.2 Å². The number of rotatable bonds is 8. The highest BCUT2D eigenvalue weighted by molar-refractivity contribution is 5.88. The van der Waals surface area contributed by atoms with Gasteiger partial charge in [-0.15, -0.1) is 0 Å². The zero-order valence-electron chi connectivity index (χ0n) is 13.0. The van der Waals surface area contributed by atoms with Crippen molar-refractivity contribution in [1.82, 2.24) is 0 Å². The van der Waals surface area contributed by atoms with Crippen LogP contribution in [0.4, 0.5) is 0 Å². The van der Waals surface area contributed by atoms with E-state index in [4.69, 9.17) is 10.5 Å². The second-order valence-corrected chi connectivity index (χ2v) is 5.82. The molecule has 0 saturated carbocycles. The minimum absolute atomic E-state index is 0.0740. The first-order valence-electron chi connectivity index (χ1n) is 7.34. The molecule has 0 radical (unpaired) electrons. The number of benzene rings is 1. The van der Waals surface area contributed by atoms with Crippen molar-refractivity contribution in [2.75, 3.05) is 7.11 Å². The predicted octanol–water partition coefficient (Wildman–Crippen LogP) is 2.35. The van der Waals surface area contributed by atoms with Gasteiger partial charge in [0, 0.05) is 6.42 Å². The van der Waals surface area contributed by atoms with E-state index in [0.29, 0.717) is 18.8 Å². The SMILES string of the molecule is COC(=O)[C@@H](CC(=O)[C@@H](N)CC(C)C)Cc1ccccc1. The zero-order valence-corrected chi connectivity index (χ0v) is 13.0. The van der Waals surface area contributed by atoms with E-state index in [0.717, 1.165) is 5.56 Å². The largest absolute Gasteiger partial charge is 0.469 e. The summed E-state index contributed by atoms with van der Waals surface area (Å²) in [7, 11) is 1.35. The molecule has 0 heterocycles. The van der Waals surface area contributed by atoms with Crippen LogP contribution in [0.3, 0.4) is 0 Å². The van der Waals surface area contributed by atoms with Gasteiger partial charge in [-0.25, -0.2) is 0 Å². The molecule has 2 atom stereocenters. The van der Waals surface area contributed by atoms with Crippen LogP contribution in [0.2, 0.25) is 0 Å². The van der Waals surface area contributed by atoms with Crippen LogP contribution in [-0.4, -0.2) is 24.9 Å². The standard InChI is InChI=1S/C17H25NO3/c1-12(2)9-15(18)16(19)11-14(17(20)21-3)10-13-7-5-4-6-8-13/h4-8,12,14-15H,9-11,18H2,1-3H3/t14-,15+/m1/s1. The van der Waals surface area contributed by atoms with Gasteiger partial charge in [0.05, 0.1) is 19.1 Å². The van der Waals surface area contributed by atoms with Crippen LogP contribution in [0, 0.1) is 11.8 Å². The van der Waals surface area contributed by atoms with Gasteiger partial charge in [-0.1, -0.05) is 44.2 Å². The van der Waals surface area contributed by atoms with Crippen LogP contribution in [0.5, 0.6) is 0 Å². The summed E-state index contributed by atoms with van der Waals surface area (Å²) in [5.41, 5.74) is 6.91. The summed E-state index contributed by atoms with van der Waals surface area (Å²) in [6, 6.07) is 9.11. The fourth-order valence-corrected chi connectivity index (χ4v) is 2.34. The number of hydrogen-bond donors (Lipinski definition) is 1. The minimum Gasteiger partial charge on any atom is -0.469 e. The maximum absolute atomic E-state index is 12.2. The molecule has 0 bridgehead atoms. The van der Waals surface area contributed by atoms with Crippen LogP contribution >= 0.6 is 0 Å². The molecule has 0 aliphatic heterocycles. The molecule has 0 spiro atoms. The quantitative estimate of drug-likeness (QED) is 0.746. The summed E-state index contributed by atoms with van der Waals surface area (Å²) in [5, 5.41) is 0. The number of carbonyl (C=O) groups excluding carboxylic acids is 2. The third-order valence-electron chi connectivity index (χ3n) is 3.45. The Hall–Kier alpha value is -1.68. The van der Waals surface area contributed by atoms with Gasteiger partial charge < -0.3 is 10.5 Å². The van der Waals surface area contributed by atoms with Gasteiger partial charge in [-0.05, 0) is 24.3 Å². The molecule has 1 aromatic rings. The molecule has 0 amide bonds. The molecular weight excluding hydrogens is 266 g/mol. The van der Waals surface area contributed by atoms with Crippen molar-refractivity contribution in [2.45, 2.75) is 39.2 Å². The Bertz CT molecular complexity index is 456. The molecule has 0 aromatic heterocycles. The third-order valence-corrected chi connectivity index (χ3v) is 3.45. The van der Waals surface area contributed by atoms with E-state index >= 15 is 0 Å². The lowest BCUT2D eigenvalue weighted by atomic mass is 9.90. The molecule has 1 aromatic carbocycles. The molecule has 0 unspecified atom stereocenters. The summed E-state index contributed by atoms with van der Waals surface area (Å²) in [6.07, 6.45) is 1.27. The highest BCUT2D eigenvalue weighted by atomic mass is 16.5. The number of Topliss-reactive ketones (excluding diaryl/α,β-unsaturated/α-hetero) is 1. The predicted molar refractivity (Wildman–Crippen MR) is 82.7 cm³/mol. The van der Waals surface area contributed by atoms with Crippen LogP contribution < -0.4 is 5.73 Å². The number of hydrogen-bond acceptors (Lipinski definition) is 4. The highest BCUT2D eigenvalue weighted by Crippen LogP contribution is 2.16. The summed E-state index contributed by atoms with van der Waals surface area (Å²) in [6.45, 7) is 4.05. The molecule has 0 aliphatic rings. The number of methoxy groups -OCH3 is 1. The van der Waals surface area contributed by atoms with E-state index in [2.05, 4.69) is 0 Å². The normalized spacial score (nSPS) is 13.8. The molecule has 4 nitrogen and oxygen atoms in total. The molecule has 0 saturated heterocycles. The van der Waals surface area contributed by atoms with E-state index in [9.17, 15) is 9.59 Å². The smallest absolute Gasteiger partial charge is 0.309 e. The van der Waals surface area contributed by atoms with Crippen molar-refractivity contribution >= 4 is 11.8 Å². The van der Waals surface area contributed by atoms with Gasteiger partial charge >= 0.3 is 5.97 Å². The van der Waals surface area contributed by atoms with E-state index in [1.807, 2.05) is 44.2 Å². The average Bonchev–Trinajstić information content (AvgIpc) is 2.46. The Morgan fingerprint density at radius 2 is 1.81 bits per heavy atom. The highest BCUT2D eigenvalue weighted by Gasteiger charge is 2.26. The second-order valence-electron chi connectivity index (χ2n) is 5.82. The van der Waals surface area contributed by atoms with Crippen LogP contribution in [0.25, 0.3) is 0 Å². The minimum atomic E-state index is -0.507. The number of ketones is 1. The lowest BCUT2D eigenvalue weighted by molar-refractivity contribution is -0.147. The molecule has 21 heavy (non-hydrogen) atoms. The molecule has 4 heteroatoms. The number of carbonyl (C=O) groups is 2. The number of nitrogens with two attached hydrogens (primary N) is 1. The number of esters is 1. The Kier molecular flexibility index (Phi) is 7.09. The lowest BCUT2D eigenvalue weighted by Gasteiger charge is -2.18. The fraction of sp³-hybridized carbons (Fsp3) is 0.529. The van der Waals surface area contributed by atoms with Gasteiger partial charge in [0.2, 0.25) is 0 Å².